The summed E-state index contributed by atoms with van der Waals surface area (Å²) in [6, 6.07) is 7.98. The van der Waals surface area contributed by atoms with Gasteiger partial charge in [-0.1, -0.05) is 13.8 Å². The van der Waals surface area contributed by atoms with Gasteiger partial charge < -0.3 is 10.1 Å². The molecule has 0 saturated carbocycles. The predicted molar refractivity (Wildman–Crippen MR) is 78.6 cm³/mol. The molecule has 0 atom stereocenters. The van der Waals surface area contributed by atoms with Crippen LogP contribution in [-0.2, 0) is 0 Å². The average Bonchev–Trinajstić information content (AvgIpc) is 2.78. The zero-order chi connectivity index (χ0) is 13.8. The van der Waals surface area contributed by atoms with Gasteiger partial charge in [0.25, 0.3) is 0 Å². The van der Waals surface area contributed by atoms with E-state index in [-0.39, 0.29) is 0 Å². The molecule has 4 nitrogen and oxygen atoms in total. The van der Waals surface area contributed by atoms with Gasteiger partial charge in [0.1, 0.15) is 5.75 Å². The Balaban J connectivity index is 2.20. The van der Waals surface area contributed by atoms with E-state index in [1.807, 2.05) is 24.3 Å². The van der Waals surface area contributed by atoms with E-state index in [2.05, 4.69) is 36.3 Å². The zero-order valence-electron chi connectivity index (χ0n) is 11.9. The van der Waals surface area contributed by atoms with Gasteiger partial charge in [0.05, 0.1) is 12.8 Å². The molecule has 1 aromatic heterocycles. The first-order valence-corrected chi connectivity index (χ1v) is 6.55. The van der Waals surface area contributed by atoms with E-state index in [4.69, 9.17) is 4.74 Å². The smallest absolute Gasteiger partial charge is 0.151 e. The lowest BCUT2D eigenvalue weighted by Gasteiger charge is -2.07. The van der Waals surface area contributed by atoms with E-state index >= 15 is 0 Å². The van der Waals surface area contributed by atoms with Crippen LogP contribution in [0.1, 0.15) is 19.4 Å². The Morgan fingerprint density at radius 1 is 1.26 bits per heavy atom. The van der Waals surface area contributed by atoms with Gasteiger partial charge in [0.2, 0.25) is 0 Å². The summed E-state index contributed by atoms with van der Waals surface area (Å²) in [5, 5.41) is 10.8. The normalized spacial score (nSPS) is 10.8. The van der Waals surface area contributed by atoms with Crippen molar-refractivity contribution in [3.63, 3.8) is 0 Å². The van der Waals surface area contributed by atoms with E-state index in [0.717, 1.165) is 34.9 Å². The van der Waals surface area contributed by atoms with Gasteiger partial charge in [0, 0.05) is 17.7 Å². The molecule has 102 valence electrons. The second-order valence-corrected chi connectivity index (χ2v) is 5.08. The molecule has 0 saturated heterocycles. The summed E-state index contributed by atoms with van der Waals surface area (Å²) in [7, 11) is 1.67. The van der Waals surface area contributed by atoms with Crippen LogP contribution in [0.25, 0.3) is 11.3 Å². The molecule has 0 aliphatic heterocycles. The zero-order valence-corrected chi connectivity index (χ0v) is 11.9. The van der Waals surface area contributed by atoms with Crippen LogP contribution in [0.3, 0.4) is 0 Å². The standard InChI is InChI=1S/C15H21N3O/c1-10(2)9-16-15-11(3)14(17-18-15)12-5-7-13(19-4)8-6-12/h5-8,10H,9H2,1-4H3,(H2,16,17,18). The number of anilines is 1. The van der Waals surface area contributed by atoms with Crippen molar-refractivity contribution in [3.8, 4) is 17.0 Å². The summed E-state index contributed by atoms with van der Waals surface area (Å²) < 4.78 is 5.17. The summed E-state index contributed by atoms with van der Waals surface area (Å²) in [5.41, 5.74) is 3.31. The highest BCUT2D eigenvalue weighted by Crippen LogP contribution is 2.27. The molecule has 1 aromatic carbocycles. The van der Waals surface area contributed by atoms with Crippen LogP contribution in [0.4, 0.5) is 5.82 Å². The number of hydrogen-bond donors (Lipinski definition) is 2. The molecule has 0 aliphatic rings. The number of methoxy groups -OCH3 is 1. The lowest BCUT2D eigenvalue weighted by Crippen LogP contribution is -2.08. The third kappa shape index (κ3) is 3.08. The Hall–Kier alpha value is -1.97. The van der Waals surface area contributed by atoms with Crippen LogP contribution in [0.15, 0.2) is 24.3 Å². The first-order chi connectivity index (χ1) is 9.11. The maximum Gasteiger partial charge on any atom is 0.151 e. The molecule has 0 unspecified atom stereocenters. The van der Waals surface area contributed by atoms with Gasteiger partial charge >= 0.3 is 0 Å². The number of benzene rings is 1. The van der Waals surface area contributed by atoms with Crippen molar-refractivity contribution in [2.45, 2.75) is 20.8 Å². The minimum absolute atomic E-state index is 0.598. The molecule has 4 heteroatoms. The van der Waals surface area contributed by atoms with Crippen molar-refractivity contribution in [1.29, 1.82) is 0 Å². The molecule has 19 heavy (non-hydrogen) atoms. The van der Waals surface area contributed by atoms with Crippen LogP contribution < -0.4 is 10.1 Å². The number of ether oxygens (including phenoxy) is 1. The molecular formula is C15H21N3O. The molecule has 0 radical (unpaired) electrons. The summed E-state index contributed by atoms with van der Waals surface area (Å²) >= 11 is 0. The Labute approximate surface area is 114 Å². The Morgan fingerprint density at radius 2 is 1.95 bits per heavy atom. The van der Waals surface area contributed by atoms with E-state index in [0.29, 0.717) is 5.92 Å². The monoisotopic (exact) mass is 259 g/mol. The maximum absolute atomic E-state index is 5.17. The molecule has 0 aliphatic carbocycles. The fourth-order valence-corrected chi connectivity index (χ4v) is 1.91. The van der Waals surface area contributed by atoms with Crippen LogP contribution in [0.5, 0.6) is 5.75 Å². The summed E-state index contributed by atoms with van der Waals surface area (Å²) in [6.45, 7) is 7.36. The van der Waals surface area contributed by atoms with Crippen molar-refractivity contribution >= 4 is 5.82 Å². The molecular weight excluding hydrogens is 238 g/mol. The van der Waals surface area contributed by atoms with E-state index < -0.39 is 0 Å². The average molecular weight is 259 g/mol. The number of hydrogen-bond acceptors (Lipinski definition) is 3. The van der Waals surface area contributed by atoms with Crippen LogP contribution in [0.2, 0.25) is 0 Å². The molecule has 0 bridgehead atoms. The molecule has 0 fully saturated rings. The molecule has 2 N–H and O–H groups in total. The van der Waals surface area contributed by atoms with Gasteiger partial charge in [-0.2, -0.15) is 5.10 Å². The number of aromatic nitrogens is 2. The van der Waals surface area contributed by atoms with E-state index in [1.165, 1.54) is 0 Å². The van der Waals surface area contributed by atoms with Crippen molar-refractivity contribution in [3.05, 3.63) is 29.8 Å². The maximum atomic E-state index is 5.17. The fraction of sp³-hybridized carbons (Fsp3) is 0.400. The first-order valence-electron chi connectivity index (χ1n) is 6.55. The lowest BCUT2D eigenvalue weighted by molar-refractivity contribution is 0.415. The quantitative estimate of drug-likeness (QED) is 0.864. The molecule has 2 rings (SSSR count). The topological polar surface area (TPSA) is 49.9 Å². The van der Waals surface area contributed by atoms with Gasteiger partial charge in [-0.15, -0.1) is 0 Å². The SMILES string of the molecule is COc1ccc(-c2[nH]nc(NCC(C)C)c2C)cc1. The Kier molecular flexibility index (Phi) is 4.10. The van der Waals surface area contributed by atoms with Gasteiger partial charge in [0.15, 0.2) is 5.82 Å². The third-order valence-electron chi connectivity index (χ3n) is 3.07. The summed E-state index contributed by atoms with van der Waals surface area (Å²) in [5.74, 6) is 2.39. The van der Waals surface area contributed by atoms with Crippen LogP contribution >= 0.6 is 0 Å². The number of nitrogens with zero attached hydrogens (tertiary/aromatic N) is 1. The third-order valence-corrected chi connectivity index (χ3v) is 3.07. The largest absolute Gasteiger partial charge is 0.497 e. The predicted octanol–water partition coefficient (Wildman–Crippen LogP) is 3.46. The van der Waals surface area contributed by atoms with E-state index in [9.17, 15) is 0 Å². The van der Waals surface area contributed by atoms with Crippen molar-refractivity contribution in [2.24, 2.45) is 5.92 Å². The van der Waals surface area contributed by atoms with Crippen LogP contribution in [0, 0.1) is 12.8 Å². The lowest BCUT2D eigenvalue weighted by atomic mass is 10.1. The summed E-state index contributed by atoms with van der Waals surface area (Å²) in [4.78, 5) is 0. The Bertz CT molecular complexity index is 529. The number of rotatable bonds is 5. The molecule has 0 spiro atoms. The van der Waals surface area contributed by atoms with Crippen molar-refractivity contribution in [1.82, 2.24) is 10.2 Å². The van der Waals surface area contributed by atoms with Crippen molar-refractivity contribution < 1.29 is 4.74 Å². The molecule has 0 amide bonds. The van der Waals surface area contributed by atoms with E-state index in [1.54, 1.807) is 7.11 Å². The first kappa shape index (κ1) is 13.5. The minimum atomic E-state index is 0.598. The highest BCUT2D eigenvalue weighted by atomic mass is 16.5. The van der Waals surface area contributed by atoms with Crippen LogP contribution in [-0.4, -0.2) is 23.9 Å². The molecule has 1 heterocycles. The summed E-state index contributed by atoms with van der Waals surface area (Å²) in [6.07, 6.45) is 0. The highest BCUT2D eigenvalue weighted by Gasteiger charge is 2.10. The van der Waals surface area contributed by atoms with Crippen molar-refractivity contribution in [2.75, 3.05) is 19.0 Å². The number of aromatic amines is 1. The highest BCUT2D eigenvalue weighted by molar-refractivity contribution is 5.68. The second-order valence-electron chi connectivity index (χ2n) is 5.08. The number of H-pyrrole nitrogens is 1. The molecule has 2 aromatic rings. The Morgan fingerprint density at radius 3 is 2.53 bits per heavy atom. The van der Waals surface area contributed by atoms with Gasteiger partial charge in [-0.05, 0) is 37.1 Å². The second kappa shape index (κ2) is 5.78. The van der Waals surface area contributed by atoms with Gasteiger partial charge in [-0.25, -0.2) is 0 Å². The minimum Gasteiger partial charge on any atom is -0.497 e. The number of nitrogens with one attached hydrogen (secondary N) is 2. The fourth-order valence-electron chi connectivity index (χ4n) is 1.91. The van der Waals surface area contributed by atoms with Gasteiger partial charge in [-0.3, -0.25) is 5.10 Å².